The third-order valence-electron chi connectivity index (χ3n) is 2.53. The summed E-state index contributed by atoms with van der Waals surface area (Å²) in [6.45, 7) is 5.12. The zero-order valence-electron chi connectivity index (χ0n) is 9.90. The summed E-state index contributed by atoms with van der Waals surface area (Å²) in [6.07, 6.45) is 1.79. The van der Waals surface area contributed by atoms with Gasteiger partial charge in [0.2, 0.25) is 0 Å². The van der Waals surface area contributed by atoms with Crippen LogP contribution < -0.4 is 10.5 Å². The minimum absolute atomic E-state index is 0.522. The summed E-state index contributed by atoms with van der Waals surface area (Å²) in [5.41, 5.74) is 6.61. The standard InChI is InChI=1S/C13H19NOS/c1-3-10(2)9-15-12-6-4-11(5-7-12)8-13(14)16/h4-7,10H,3,8-9H2,1-2H3,(H2,14,16). The Labute approximate surface area is 103 Å². The molecule has 2 nitrogen and oxygen atoms in total. The molecule has 16 heavy (non-hydrogen) atoms. The molecule has 0 aliphatic rings. The van der Waals surface area contributed by atoms with Gasteiger partial charge in [-0.1, -0.05) is 44.6 Å². The fraction of sp³-hybridized carbons (Fsp3) is 0.462. The van der Waals surface area contributed by atoms with E-state index in [2.05, 4.69) is 13.8 Å². The van der Waals surface area contributed by atoms with Gasteiger partial charge in [-0.15, -0.1) is 0 Å². The van der Waals surface area contributed by atoms with Gasteiger partial charge in [0.1, 0.15) is 5.75 Å². The number of benzene rings is 1. The van der Waals surface area contributed by atoms with Crippen LogP contribution in [-0.2, 0) is 6.42 Å². The van der Waals surface area contributed by atoms with Gasteiger partial charge < -0.3 is 10.5 Å². The van der Waals surface area contributed by atoms with Gasteiger partial charge in [0, 0.05) is 6.42 Å². The molecule has 88 valence electrons. The number of ether oxygens (including phenoxy) is 1. The molecule has 0 heterocycles. The van der Waals surface area contributed by atoms with Crippen LogP contribution in [0.4, 0.5) is 0 Å². The maximum absolute atomic E-state index is 5.65. The van der Waals surface area contributed by atoms with E-state index >= 15 is 0 Å². The molecule has 1 aromatic carbocycles. The Morgan fingerprint density at radius 2 is 2.00 bits per heavy atom. The van der Waals surface area contributed by atoms with Crippen LogP contribution in [0.5, 0.6) is 5.75 Å². The van der Waals surface area contributed by atoms with Gasteiger partial charge in [-0.2, -0.15) is 0 Å². The molecule has 1 unspecified atom stereocenters. The molecule has 0 radical (unpaired) electrons. The van der Waals surface area contributed by atoms with Crippen molar-refractivity contribution in [1.82, 2.24) is 0 Å². The molecule has 1 atom stereocenters. The van der Waals surface area contributed by atoms with Crippen molar-refractivity contribution in [3.63, 3.8) is 0 Å². The van der Waals surface area contributed by atoms with E-state index in [0.29, 0.717) is 17.3 Å². The third kappa shape index (κ3) is 4.62. The highest BCUT2D eigenvalue weighted by Gasteiger charge is 2.01. The highest BCUT2D eigenvalue weighted by molar-refractivity contribution is 7.80. The minimum atomic E-state index is 0.522. The van der Waals surface area contributed by atoms with E-state index in [9.17, 15) is 0 Å². The first kappa shape index (κ1) is 13.0. The van der Waals surface area contributed by atoms with Gasteiger partial charge in [0.25, 0.3) is 0 Å². The molecule has 0 aliphatic heterocycles. The van der Waals surface area contributed by atoms with E-state index in [-0.39, 0.29) is 0 Å². The van der Waals surface area contributed by atoms with E-state index in [1.807, 2.05) is 24.3 Å². The number of thiocarbonyl (C=S) groups is 1. The van der Waals surface area contributed by atoms with E-state index in [4.69, 9.17) is 22.7 Å². The van der Waals surface area contributed by atoms with Crippen LogP contribution in [0.3, 0.4) is 0 Å². The van der Waals surface area contributed by atoms with E-state index in [0.717, 1.165) is 24.3 Å². The second-order valence-electron chi connectivity index (χ2n) is 4.11. The Kier molecular flexibility index (Phi) is 5.26. The first-order chi connectivity index (χ1) is 7.61. The van der Waals surface area contributed by atoms with Crippen LogP contribution in [0.25, 0.3) is 0 Å². The van der Waals surface area contributed by atoms with Crippen molar-refractivity contribution in [1.29, 1.82) is 0 Å². The lowest BCUT2D eigenvalue weighted by molar-refractivity contribution is 0.256. The predicted molar refractivity (Wildman–Crippen MR) is 71.9 cm³/mol. The molecule has 0 bridgehead atoms. The number of nitrogens with two attached hydrogens (primary N) is 1. The van der Waals surface area contributed by atoms with Crippen LogP contribution in [-0.4, -0.2) is 11.6 Å². The Morgan fingerprint density at radius 1 is 1.38 bits per heavy atom. The van der Waals surface area contributed by atoms with Crippen molar-refractivity contribution in [2.75, 3.05) is 6.61 Å². The summed E-state index contributed by atoms with van der Waals surface area (Å²) in [5.74, 6) is 1.50. The van der Waals surface area contributed by atoms with Crippen LogP contribution in [0.1, 0.15) is 25.8 Å². The average Bonchev–Trinajstić information content (AvgIpc) is 2.27. The first-order valence-electron chi connectivity index (χ1n) is 5.62. The average molecular weight is 237 g/mol. The molecule has 1 rings (SSSR count). The smallest absolute Gasteiger partial charge is 0.119 e. The summed E-state index contributed by atoms with van der Waals surface area (Å²) < 4.78 is 5.65. The largest absolute Gasteiger partial charge is 0.493 e. The second-order valence-corrected chi connectivity index (χ2v) is 4.64. The zero-order valence-corrected chi connectivity index (χ0v) is 10.7. The summed E-state index contributed by atoms with van der Waals surface area (Å²) in [4.78, 5) is 0.522. The summed E-state index contributed by atoms with van der Waals surface area (Å²) in [6, 6.07) is 7.95. The Bertz CT molecular complexity index is 334. The predicted octanol–water partition coefficient (Wildman–Crippen LogP) is 2.94. The van der Waals surface area contributed by atoms with E-state index < -0.39 is 0 Å². The molecule has 0 saturated carbocycles. The van der Waals surface area contributed by atoms with Crippen molar-refractivity contribution in [3.8, 4) is 5.75 Å². The lowest BCUT2D eigenvalue weighted by Crippen LogP contribution is -2.11. The zero-order chi connectivity index (χ0) is 12.0. The van der Waals surface area contributed by atoms with Gasteiger partial charge >= 0.3 is 0 Å². The molecule has 0 saturated heterocycles. The van der Waals surface area contributed by atoms with Crippen LogP contribution in [0.15, 0.2) is 24.3 Å². The Hall–Kier alpha value is -1.09. The van der Waals surface area contributed by atoms with Crippen LogP contribution in [0.2, 0.25) is 0 Å². The summed E-state index contributed by atoms with van der Waals surface area (Å²) in [5, 5.41) is 0. The van der Waals surface area contributed by atoms with Gasteiger partial charge in [-0.25, -0.2) is 0 Å². The molecule has 2 N–H and O–H groups in total. The van der Waals surface area contributed by atoms with Crippen LogP contribution >= 0.6 is 12.2 Å². The van der Waals surface area contributed by atoms with Crippen molar-refractivity contribution in [2.24, 2.45) is 11.7 Å². The SMILES string of the molecule is CCC(C)COc1ccc(CC(N)=S)cc1. The molecular weight excluding hydrogens is 218 g/mol. The quantitative estimate of drug-likeness (QED) is 0.773. The monoisotopic (exact) mass is 237 g/mol. The van der Waals surface area contributed by atoms with E-state index in [1.165, 1.54) is 0 Å². The topological polar surface area (TPSA) is 35.2 Å². The fourth-order valence-electron chi connectivity index (χ4n) is 1.26. The van der Waals surface area contributed by atoms with Crippen molar-refractivity contribution >= 4 is 17.2 Å². The number of hydrogen-bond acceptors (Lipinski definition) is 2. The fourth-order valence-corrected chi connectivity index (χ4v) is 1.43. The van der Waals surface area contributed by atoms with Crippen molar-refractivity contribution in [3.05, 3.63) is 29.8 Å². The molecular formula is C13H19NOS. The highest BCUT2D eigenvalue weighted by Crippen LogP contribution is 2.14. The third-order valence-corrected chi connectivity index (χ3v) is 2.68. The Balaban J connectivity index is 2.48. The second kappa shape index (κ2) is 6.48. The molecule has 3 heteroatoms. The number of rotatable bonds is 6. The lowest BCUT2D eigenvalue weighted by atomic mass is 10.1. The summed E-state index contributed by atoms with van der Waals surface area (Å²) >= 11 is 4.86. The lowest BCUT2D eigenvalue weighted by Gasteiger charge is -2.11. The van der Waals surface area contributed by atoms with Gasteiger partial charge in [-0.3, -0.25) is 0 Å². The molecule has 0 aromatic heterocycles. The minimum Gasteiger partial charge on any atom is -0.493 e. The molecule has 0 amide bonds. The molecule has 0 spiro atoms. The summed E-state index contributed by atoms with van der Waals surface area (Å²) in [7, 11) is 0. The number of hydrogen-bond donors (Lipinski definition) is 1. The Morgan fingerprint density at radius 3 is 2.50 bits per heavy atom. The molecule has 1 aromatic rings. The first-order valence-corrected chi connectivity index (χ1v) is 6.02. The van der Waals surface area contributed by atoms with Crippen LogP contribution in [0, 0.1) is 5.92 Å². The van der Waals surface area contributed by atoms with E-state index in [1.54, 1.807) is 0 Å². The highest BCUT2D eigenvalue weighted by atomic mass is 32.1. The van der Waals surface area contributed by atoms with Gasteiger partial charge in [0.15, 0.2) is 0 Å². The van der Waals surface area contributed by atoms with Gasteiger partial charge in [-0.05, 0) is 23.6 Å². The van der Waals surface area contributed by atoms with Crippen molar-refractivity contribution in [2.45, 2.75) is 26.7 Å². The normalized spacial score (nSPS) is 12.1. The maximum Gasteiger partial charge on any atom is 0.119 e. The molecule has 0 fully saturated rings. The van der Waals surface area contributed by atoms with Crippen molar-refractivity contribution < 1.29 is 4.74 Å². The molecule has 0 aliphatic carbocycles. The maximum atomic E-state index is 5.65. The van der Waals surface area contributed by atoms with Gasteiger partial charge in [0.05, 0.1) is 11.6 Å².